The van der Waals surface area contributed by atoms with Crippen LogP contribution in [-0.2, 0) is 14.8 Å². The molecule has 1 fully saturated rings. The minimum absolute atomic E-state index is 0.0874. The number of hydrogen-bond donors (Lipinski definition) is 1. The van der Waals surface area contributed by atoms with Gasteiger partial charge in [0.15, 0.2) is 11.6 Å². The number of sulfonamides is 1. The normalized spacial score (nSPS) is 16.7. The molecule has 0 radical (unpaired) electrons. The zero-order valence-electron chi connectivity index (χ0n) is 15.6. The van der Waals surface area contributed by atoms with E-state index < -0.39 is 33.6 Å². The molecule has 5 nitrogen and oxygen atoms in total. The van der Waals surface area contributed by atoms with E-state index in [0.717, 1.165) is 34.5 Å². The predicted molar refractivity (Wildman–Crippen MR) is 105 cm³/mol. The molecule has 0 aliphatic heterocycles. The van der Waals surface area contributed by atoms with Gasteiger partial charge in [-0.2, -0.15) is 11.8 Å². The number of benzene rings is 1. The van der Waals surface area contributed by atoms with E-state index in [-0.39, 0.29) is 5.69 Å². The van der Waals surface area contributed by atoms with Crippen LogP contribution in [-0.4, -0.2) is 44.2 Å². The summed E-state index contributed by atoms with van der Waals surface area (Å²) >= 11 is 1.83. The highest BCUT2D eigenvalue weighted by Gasteiger charge is 2.29. The Morgan fingerprint density at radius 1 is 1.26 bits per heavy atom. The number of halogens is 2. The largest absolute Gasteiger partial charge is 0.353 e. The van der Waals surface area contributed by atoms with E-state index in [4.69, 9.17) is 0 Å². The fraction of sp³-hybridized carbons (Fsp3) is 0.611. The Balaban J connectivity index is 1.96. The zero-order valence-corrected chi connectivity index (χ0v) is 17.2. The summed E-state index contributed by atoms with van der Waals surface area (Å²) in [5.74, 6) is -1.97. The molecule has 1 amide bonds. The van der Waals surface area contributed by atoms with Gasteiger partial charge in [0.25, 0.3) is 0 Å². The monoisotopic (exact) mass is 420 g/mol. The van der Waals surface area contributed by atoms with Gasteiger partial charge in [-0.1, -0.05) is 19.3 Å². The molecule has 9 heteroatoms. The molecular weight excluding hydrogens is 394 g/mol. The zero-order chi connectivity index (χ0) is 20.0. The Hall–Kier alpha value is -1.35. The van der Waals surface area contributed by atoms with Gasteiger partial charge in [0.2, 0.25) is 15.9 Å². The van der Waals surface area contributed by atoms with Crippen LogP contribution in [0.25, 0.3) is 0 Å². The second-order valence-electron chi connectivity index (χ2n) is 6.76. The molecule has 1 N–H and O–H groups in total. The molecule has 1 aromatic rings. The SMILES string of the molecule is C[C@H](C(=O)NCCSC1CCCCC1)N(c1ccc(F)c(F)c1)S(C)(=O)=O. The number of thioether (sulfide) groups is 1. The molecule has 152 valence electrons. The van der Waals surface area contributed by atoms with Crippen LogP contribution in [0, 0.1) is 11.6 Å². The molecule has 1 aliphatic carbocycles. The molecule has 27 heavy (non-hydrogen) atoms. The van der Waals surface area contributed by atoms with Crippen molar-refractivity contribution in [2.24, 2.45) is 0 Å². The molecule has 1 aromatic carbocycles. The summed E-state index contributed by atoms with van der Waals surface area (Å²) in [5, 5.41) is 3.36. The summed E-state index contributed by atoms with van der Waals surface area (Å²) in [4.78, 5) is 12.4. The topological polar surface area (TPSA) is 66.5 Å². The molecule has 0 spiro atoms. The van der Waals surface area contributed by atoms with Crippen molar-refractivity contribution in [3.8, 4) is 0 Å². The lowest BCUT2D eigenvalue weighted by Crippen LogP contribution is -2.48. The molecule has 2 rings (SSSR count). The first-order valence-corrected chi connectivity index (χ1v) is 11.9. The smallest absolute Gasteiger partial charge is 0.243 e. The molecule has 0 unspecified atom stereocenters. The van der Waals surface area contributed by atoms with Gasteiger partial charge in [-0.15, -0.1) is 0 Å². The first kappa shape index (κ1) is 21.9. The van der Waals surface area contributed by atoms with Crippen LogP contribution in [0.2, 0.25) is 0 Å². The molecule has 0 aromatic heterocycles. The molecule has 1 saturated carbocycles. The van der Waals surface area contributed by atoms with Crippen LogP contribution in [0.15, 0.2) is 18.2 Å². The lowest BCUT2D eigenvalue weighted by molar-refractivity contribution is -0.121. The van der Waals surface area contributed by atoms with Crippen LogP contribution in [0.4, 0.5) is 14.5 Å². The Bertz CT molecular complexity index is 753. The summed E-state index contributed by atoms with van der Waals surface area (Å²) < 4.78 is 51.7. The van der Waals surface area contributed by atoms with E-state index in [1.165, 1.54) is 39.0 Å². The minimum Gasteiger partial charge on any atom is -0.353 e. The fourth-order valence-corrected chi connectivity index (χ4v) is 5.60. The van der Waals surface area contributed by atoms with Crippen LogP contribution >= 0.6 is 11.8 Å². The molecular formula is C18H26F2N2O3S2. The minimum atomic E-state index is -3.86. The van der Waals surface area contributed by atoms with E-state index in [9.17, 15) is 22.0 Å². The maximum absolute atomic E-state index is 13.5. The van der Waals surface area contributed by atoms with Crippen LogP contribution in [0.1, 0.15) is 39.0 Å². The second-order valence-corrected chi connectivity index (χ2v) is 10.0. The number of anilines is 1. The number of carbonyl (C=O) groups excluding carboxylic acids is 1. The first-order chi connectivity index (χ1) is 12.7. The van der Waals surface area contributed by atoms with E-state index in [2.05, 4.69) is 5.32 Å². The predicted octanol–water partition coefficient (Wildman–Crippen LogP) is 3.30. The van der Waals surface area contributed by atoms with E-state index in [1.54, 1.807) is 0 Å². The van der Waals surface area contributed by atoms with Gasteiger partial charge in [0, 0.05) is 23.6 Å². The van der Waals surface area contributed by atoms with Crippen molar-refractivity contribution >= 4 is 33.4 Å². The van der Waals surface area contributed by atoms with Crippen molar-refractivity contribution in [1.82, 2.24) is 5.32 Å². The van der Waals surface area contributed by atoms with Gasteiger partial charge >= 0.3 is 0 Å². The van der Waals surface area contributed by atoms with Crippen molar-refractivity contribution < 1.29 is 22.0 Å². The summed E-state index contributed by atoms with van der Waals surface area (Å²) in [6.45, 7) is 1.85. The fourth-order valence-electron chi connectivity index (χ4n) is 3.21. The molecule has 0 saturated heterocycles. The quantitative estimate of drug-likeness (QED) is 0.656. The van der Waals surface area contributed by atoms with Gasteiger partial charge in [-0.3, -0.25) is 9.10 Å². The van der Waals surface area contributed by atoms with Crippen molar-refractivity contribution in [3.05, 3.63) is 29.8 Å². The lowest BCUT2D eigenvalue weighted by atomic mass is 10.0. The molecule has 1 atom stereocenters. The van der Waals surface area contributed by atoms with Gasteiger partial charge in [0.1, 0.15) is 6.04 Å². The number of amides is 1. The van der Waals surface area contributed by atoms with Crippen molar-refractivity contribution in [1.29, 1.82) is 0 Å². The third-order valence-corrected chi connectivity index (χ3v) is 7.18. The van der Waals surface area contributed by atoms with Gasteiger partial charge in [-0.05, 0) is 31.9 Å². The van der Waals surface area contributed by atoms with E-state index in [1.807, 2.05) is 11.8 Å². The summed E-state index contributed by atoms with van der Waals surface area (Å²) in [7, 11) is -3.86. The highest BCUT2D eigenvalue weighted by Crippen LogP contribution is 2.28. The molecule has 0 bridgehead atoms. The highest BCUT2D eigenvalue weighted by molar-refractivity contribution is 7.99. The maximum Gasteiger partial charge on any atom is 0.243 e. The van der Waals surface area contributed by atoms with E-state index >= 15 is 0 Å². The van der Waals surface area contributed by atoms with Crippen LogP contribution in [0.3, 0.4) is 0 Å². The Morgan fingerprint density at radius 2 is 1.93 bits per heavy atom. The Kier molecular flexibility index (Phi) is 7.91. The van der Waals surface area contributed by atoms with E-state index in [0.29, 0.717) is 11.8 Å². The van der Waals surface area contributed by atoms with Crippen LogP contribution in [0.5, 0.6) is 0 Å². The standard InChI is InChI=1S/C18H26F2N2O3S2/c1-13(18(23)21-10-11-26-15-6-4-3-5-7-15)22(27(2,24)25)14-8-9-16(19)17(20)12-14/h8-9,12-13,15H,3-7,10-11H2,1-2H3,(H,21,23)/t13-/m1/s1. The number of hydrogen-bond acceptors (Lipinski definition) is 4. The van der Waals surface area contributed by atoms with Crippen molar-refractivity contribution in [2.45, 2.75) is 50.3 Å². The van der Waals surface area contributed by atoms with Gasteiger partial charge in [0.05, 0.1) is 11.9 Å². The average molecular weight is 421 g/mol. The van der Waals surface area contributed by atoms with Crippen molar-refractivity contribution in [3.63, 3.8) is 0 Å². The molecule has 1 aliphatic rings. The van der Waals surface area contributed by atoms with Crippen LogP contribution < -0.4 is 9.62 Å². The van der Waals surface area contributed by atoms with Gasteiger partial charge in [-0.25, -0.2) is 17.2 Å². The average Bonchev–Trinajstić information content (AvgIpc) is 2.61. The summed E-state index contributed by atoms with van der Waals surface area (Å²) in [5.41, 5.74) is -0.0874. The highest BCUT2D eigenvalue weighted by atomic mass is 32.2. The summed E-state index contributed by atoms with van der Waals surface area (Å²) in [6.07, 6.45) is 7.12. The number of nitrogens with one attached hydrogen (secondary N) is 1. The number of rotatable bonds is 8. The lowest BCUT2D eigenvalue weighted by Gasteiger charge is -2.28. The maximum atomic E-state index is 13.5. The summed E-state index contributed by atoms with van der Waals surface area (Å²) in [6, 6.07) is 1.68. The third-order valence-electron chi connectivity index (χ3n) is 4.55. The first-order valence-electron chi connectivity index (χ1n) is 9.04. The third kappa shape index (κ3) is 6.34. The second kappa shape index (κ2) is 9.73. The number of carbonyl (C=O) groups is 1. The Morgan fingerprint density at radius 3 is 2.52 bits per heavy atom. The molecule has 0 heterocycles. The van der Waals surface area contributed by atoms with Gasteiger partial charge < -0.3 is 5.32 Å². The van der Waals surface area contributed by atoms with Crippen molar-refractivity contribution in [2.75, 3.05) is 22.9 Å². The Labute approximate surface area is 163 Å². The number of nitrogens with zero attached hydrogens (tertiary/aromatic N) is 1.